The van der Waals surface area contributed by atoms with Gasteiger partial charge in [-0.1, -0.05) is 12.1 Å². The van der Waals surface area contributed by atoms with Gasteiger partial charge in [0.2, 0.25) is 0 Å². The summed E-state index contributed by atoms with van der Waals surface area (Å²) in [6.07, 6.45) is 0. The zero-order valence-electron chi connectivity index (χ0n) is 9.70. The van der Waals surface area contributed by atoms with Crippen molar-refractivity contribution in [3.63, 3.8) is 0 Å². The topological polar surface area (TPSA) is 26.3 Å². The highest BCUT2D eigenvalue weighted by Gasteiger charge is 2.09. The van der Waals surface area contributed by atoms with Crippen LogP contribution in [-0.4, -0.2) is 12.4 Å². The van der Waals surface area contributed by atoms with Crippen molar-refractivity contribution in [2.75, 3.05) is 6.61 Å². The first kappa shape index (κ1) is 13.1. The summed E-state index contributed by atoms with van der Waals surface area (Å²) in [5.41, 5.74) is 0.136. The maximum absolute atomic E-state index is 12.9. The fourth-order valence-corrected chi connectivity index (χ4v) is 1.51. The molecule has 0 saturated heterocycles. The smallest absolute Gasteiger partial charge is 0.200 e. The van der Waals surface area contributed by atoms with Crippen molar-refractivity contribution in [1.29, 1.82) is 0 Å². The summed E-state index contributed by atoms with van der Waals surface area (Å²) in [4.78, 5) is 11.7. The standard InChI is InChI=1S/C14H9F3O2/c15-10-3-1-2-9(4-10)14(18)8-19-13-6-11(16)5-12(17)7-13/h1-7H,8H2. The van der Waals surface area contributed by atoms with Crippen molar-refractivity contribution in [1.82, 2.24) is 0 Å². The maximum atomic E-state index is 12.9. The second kappa shape index (κ2) is 5.56. The minimum absolute atomic E-state index is 0.0951. The molecule has 0 aromatic heterocycles. The van der Waals surface area contributed by atoms with Crippen LogP contribution in [0.2, 0.25) is 0 Å². The highest BCUT2D eigenvalue weighted by atomic mass is 19.1. The molecule has 19 heavy (non-hydrogen) atoms. The highest BCUT2D eigenvalue weighted by molar-refractivity contribution is 5.97. The van der Waals surface area contributed by atoms with E-state index in [9.17, 15) is 18.0 Å². The first-order valence-corrected chi connectivity index (χ1v) is 5.42. The van der Waals surface area contributed by atoms with Crippen LogP contribution in [0.25, 0.3) is 0 Å². The molecule has 0 fully saturated rings. The molecular weight excluding hydrogens is 257 g/mol. The Labute approximate surface area is 107 Å². The van der Waals surface area contributed by atoms with E-state index in [1.165, 1.54) is 18.2 Å². The number of hydrogen-bond acceptors (Lipinski definition) is 2. The van der Waals surface area contributed by atoms with E-state index in [2.05, 4.69) is 0 Å². The molecule has 0 heterocycles. The normalized spacial score (nSPS) is 10.3. The average Bonchev–Trinajstić information content (AvgIpc) is 2.35. The molecule has 0 saturated carbocycles. The van der Waals surface area contributed by atoms with Crippen LogP contribution in [0.3, 0.4) is 0 Å². The van der Waals surface area contributed by atoms with Crippen LogP contribution < -0.4 is 4.74 Å². The quantitative estimate of drug-likeness (QED) is 0.793. The second-order valence-electron chi connectivity index (χ2n) is 3.83. The Hall–Kier alpha value is -2.30. The van der Waals surface area contributed by atoms with Crippen LogP contribution in [0.1, 0.15) is 10.4 Å². The number of carbonyl (C=O) groups excluding carboxylic acids is 1. The van der Waals surface area contributed by atoms with Crippen LogP contribution in [-0.2, 0) is 0 Å². The SMILES string of the molecule is O=C(COc1cc(F)cc(F)c1)c1cccc(F)c1. The number of hydrogen-bond donors (Lipinski definition) is 0. The Morgan fingerprint density at radius 2 is 1.63 bits per heavy atom. The van der Waals surface area contributed by atoms with Crippen molar-refractivity contribution < 1.29 is 22.7 Å². The summed E-state index contributed by atoms with van der Waals surface area (Å²) < 4.78 is 43.6. The summed E-state index contributed by atoms with van der Waals surface area (Å²) in [6, 6.07) is 7.72. The monoisotopic (exact) mass is 266 g/mol. The molecule has 0 N–H and O–H groups in total. The lowest BCUT2D eigenvalue weighted by atomic mass is 10.1. The van der Waals surface area contributed by atoms with E-state index in [-0.39, 0.29) is 11.3 Å². The highest BCUT2D eigenvalue weighted by Crippen LogP contribution is 2.15. The summed E-state index contributed by atoms with van der Waals surface area (Å²) >= 11 is 0. The van der Waals surface area contributed by atoms with Crippen molar-refractivity contribution in [3.05, 3.63) is 65.5 Å². The Balaban J connectivity index is 2.04. The maximum Gasteiger partial charge on any atom is 0.200 e. The number of rotatable bonds is 4. The first-order chi connectivity index (χ1) is 9.04. The lowest BCUT2D eigenvalue weighted by Crippen LogP contribution is -2.12. The summed E-state index contributed by atoms with van der Waals surface area (Å²) in [5.74, 6) is -2.71. The molecule has 0 amide bonds. The fourth-order valence-electron chi connectivity index (χ4n) is 1.51. The molecule has 5 heteroatoms. The van der Waals surface area contributed by atoms with E-state index in [1.54, 1.807) is 0 Å². The van der Waals surface area contributed by atoms with Gasteiger partial charge < -0.3 is 4.74 Å². The third-order valence-electron chi connectivity index (χ3n) is 2.35. The molecule has 0 radical (unpaired) electrons. The van der Waals surface area contributed by atoms with Crippen molar-refractivity contribution >= 4 is 5.78 Å². The van der Waals surface area contributed by atoms with Gasteiger partial charge in [0.25, 0.3) is 0 Å². The van der Waals surface area contributed by atoms with Crippen LogP contribution >= 0.6 is 0 Å². The summed E-state index contributed by atoms with van der Waals surface area (Å²) in [5, 5.41) is 0. The fraction of sp³-hybridized carbons (Fsp3) is 0.0714. The van der Waals surface area contributed by atoms with Gasteiger partial charge in [0.1, 0.15) is 23.2 Å². The van der Waals surface area contributed by atoms with Gasteiger partial charge in [0, 0.05) is 23.8 Å². The lowest BCUT2D eigenvalue weighted by molar-refractivity contribution is 0.0920. The van der Waals surface area contributed by atoms with Crippen molar-refractivity contribution in [3.8, 4) is 5.75 Å². The molecule has 2 aromatic rings. The average molecular weight is 266 g/mol. The molecule has 0 aliphatic rings. The van der Waals surface area contributed by atoms with E-state index in [1.807, 2.05) is 0 Å². The molecule has 2 aromatic carbocycles. The molecule has 0 aliphatic heterocycles. The van der Waals surface area contributed by atoms with Gasteiger partial charge in [-0.25, -0.2) is 13.2 Å². The minimum Gasteiger partial charge on any atom is -0.485 e. The molecule has 0 atom stereocenters. The zero-order valence-corrected chi connectivity index (χ0v) is 9.70. The van der Waals surface area contributed by atoms with Gasteiger partial charge in [-0.15, -0.1) is 0 Å². The van der Waals surface area contributed by atoms with Gasteiger partial charge >= 0.3 is 0 Å². The van der Waals surface area contributed by atoms with E-state index >= 15 is 0 Å². The molecule has 0 unspecified atom stereocenters. The van der Waals surface area contributed by atoms with E-state index in [4.69, 9.17) is 4.74 Å². The van der Waals surface area contributed by atoms with Gasteiger partial charge in [0.05, 0.1) is 0 Å². The third kappa shape index (κ3) is 3.58. The molecular formula is C14H9F3O2. The minimum atomic E-state index is -0.798. The van der Waals surface area contributed by atoms with Crippen LogP contribution in [0, 0.1) is 17.5 Å². The predicted molar refractivity (Wildman–Crippen MR) is 62.6 cm³/mol. The van der Waals surface area contributed by atoms with Gasteiger partial charge in [-0.3, -0.25) is 4.79 Å². The molecule has 0 aliphatic carbocycles. The van der Waals surface area contributed by atoms with Crippen LogP contribution in [0.15, 0.2) is 42.5 Å². The van der Waals surface area contributed by atoms with E-state index < -0.39 is 29.8 Å². The molecule has 98 valence electrons. The van der Waals surface area contributed by atoms with Crippen molar-refractivity contribution in [2.24, 2.45) is 0 Å². The number of ketones is 1. The third-order valence-corrected chi connectivity index (χ3v) is 2.35. The van der Waals surface area contributed by atoms with Crippen LogP contribution in [0.5, 0.6) is 5.75 Å². The zero-order chi connectivity index (χ0) is 13.8. The van der Waals surface area contributed by atoms with Gasteiger partial charge in [-0.05, 0) is 12.1 Å². The predicted octanol–water partition coefficient (Wildman–Crippen LogP) is 3.37. The lowest BCUT2D eigenvalue weighted by Gasteiger charge is -2.06. The Morgan fingerprint density at radius 3 is 2.26 bits per heavy atom. The Kier molecular flexibility index (Phi) is 3.85. The van der Waals surface area contributed by atoms with Crippen molar-refractivity contribution in [2.45, 2.75) is 0 Å². The molecule has 0 bridgehead atoms. The Morgan fingerprint density at radius 1 is 0.947 bits per heavy atom. The Bertz CT molecular complexity index is 591. The number of Topliss-reactive ketones (excluding diaryl/α,β-unsaturated/α-hetero) is 1. The summed E-state index contributed by atoms with van der Waals surface area (Å²) in [6.45, 7) is -0.424. The van der Waals surface area contributed by atoms with E-state index in [0.29, 0.717) is 6.07 Å². The molecule has 2 nitrogen and oxygen atoms in total. The number of ether oxygens (including phenoxy) is 1. The molecule has 2 rings (SSSR count). The molecule has 0 spiro atoms. The summed E-state index contributed by atoms with van der Waals surface area (Å²) in [7, 11) is 0. The van der Waals surface area contributed by atoms with E-state index in [0.717, 1.165) is 18.2 Å². The number of carbonyl (C=O) groups is 1. The van der Waals surface area contributed by atoms with Crippen LogP contribution in [0.4, 0.5) is 13.2 Å². The number of benzene rings is 2. The van der Waals surface area contributed by atoms with Gasteiger partial charge in [0.15, 0.2) is 12.4 Å². The van der Waals surface area contributed by atoms with Gasteiger partial charge in [-0.2, -0.15) is 0 Å². The first-order valence-electron chi connectivity index (χ1n) is 5.42. The largest absolute Gasteiger partial charge is 0.485 e. The second-order valence-corrected chi connectivity index (χ2v) is 3.83. The number of halogens is 3.